The van der Waals surface area contributed by atoms with Crippen LogP contribution in [0.15, 0.2) is 43.0 Å². The van der Waals surface area contributed by atoms with E-state index in [2.05, 4.69) is 31.3 Å². The lowest BCUT2D eigenvalue weighted by Gasteiger charge is -2.06. The van der Waals surface area contributed by atoms with Crippen LogP contribution in [-0.2, 0) is 0 Å². The van der Waals surface area contributed by atoms with Crippen molar-refractivity contribution in [3.05, 3.63) is 48.7 Å². The SMILES string of the molecule is N#CC(=CC1CC1)c1ccc(Nc2ncnc3[nH]ccc23)cn1. The molecule has 0 amide bonds. The zero-order chi connectivity index (χ0) is 15.6. The van der Waals surface area contributed by atoms with Gasteiger partial charge in [-0.2, -0.15) is 5.26 Å². The fraction of sp³-hybridized carbons (Fsp3) is 0.176. The van der Waals surface area contributed by atoms with E-state index in [0.29, 0.717) is 17.2 Å². The molecule has 0 aromatic carbocycles. The van der Waals surface area contributed by atoms with Gasteiger partial charge in [-0.3, -0.25) is 4.98 Å². The van der Waals surface area contributed by atoms with Gasteiger partial charge in [0.15, 0.2) is 0 Å². The largest absolute Gasteiger partial charge is 0.346 e. The number of H-pyrrole nitrogens is 1. The van der Waals surface area contributed by atoms with Gasteiger partial charge in [-0.1, -0.05) is 6.08 Å². The molecule has 0 radical (unpaired) electrons. The van der Waals surface area contributed by atoms with Gasteiger partial charge < -0.3 is 10.3 Å². The molecule has 2 N–H and O–H groups in total. The minimum atomic E-state index is 0.548. The molecule has 3 aromatic heterocycles. The Bertz CT molecular complexity index is 912. The molecule has 6 nitrogen and oxygen atoms in total. The standard InChI is InChI=1S/C17H14N6/c18-8-12(7-11-1-2-11)15-4-3-13(9-20-15)23-17-14-5-6-19-16(14)21-10-22-17/h3-7,9-11H,1-2H2,(H2,19,21,22,23). The number of hydrogen-bond acceptors (Lipinski definition) is 5. The van der Waals surface area contributed by atoms with E-state index < -0.39 is 0 Å². The predicted molar refractivity (Wildman–Crippen MR) is 87.7 cm³/mol. The minimum absolute atomic E-state index is 0.548. The van der Waals surface area contributed by atoms with Gasteiger partial charge in [0.1, 0.15) is 23.9 Å². The number of nitrogens with one attached hydrogen (secondary N) is 2. The third-order valence-corrected chi connectivity index (χ3v) is 3.80. The number of allylic oxidation sites excluding steroid dienone is 2. The van der Waals surface area contributed by atoms with Gasteiger partial charge in [-0.25, -0.2) is 9.97 Å². The summed E-state index contributed by atoms with van der Waals surface area (Å²) in [6.45, 7) is 0. The summed E-state index contributed by atoms with van der Waals surface area (Å²) in [5.74, 6) is 1.27. The number of hydrogen-bond donors (Lipinski definition) is 2. The quantitative estimate of drug-likeness (QED) is 0.721. The van der Waals surface area contributed by atoms with Gasteiger partial charge in [-0.15, -0.1) is 0 Å². The maximum absolute atomic E-state index is 9.26. The van der Waals surface area contributed by atoms with Crippen LogP contribution >= 0.6 is 0 Å². The second-order valence-electron chi connectivity index (χ2n) is 5.55. The Morgan fingerprint density at radius 2 is 2.17 bits per heavy atom. The van der Waals surface area contributed by atoms with Gasteiger partial charge >= 0.3 is 0 Å². The van der Waals surface area contributed by atoms with E-state index in [1.165, 1.54) is 19.2 Å². The van der Waals surface area contributed by atoms with Gasteiger partial charge in [0.2, 0.25) is 0 Å². The average molecular weight is 302 g/mol. The molecule has 6 heteroatoms. The van der Waals surface area contributed by atoms with E-state index in [1.54, 1.807) is 6.20 Å². The molecular formula is C17H14N6. The number of rotatable bonds is 4. The van der Waals surface area contributed by atoms with Crippen LogP contribution in [0.2, 0.25) is 0 Å². The highest BCUT2D eigenvalue weighted by molar-refractivity contribution is 5.88. The molecular weight excluding hydrogens is 288 g/mol. The summed E-state index contributed by atoms with van der Waals surface area (Å²) in [4.78, 5) is 15.9. The highest BCUT2D eigenvalue weighted by Crippen LogP contribution is 2.33. The molecule has 0 unspecified atom stereocenters. The van der Waals surface area contributed by atoms with Crippen molar-refractivity contribution in [2.24, 2.45) is 5.92 Å². The normalized spacial score (nSPS) is 14.7. The first kappa shape index (κ1) is 13.5. The van der Waals surface area contributed by atoms with Crippen molar-refractivity contribution in [2.75, 3.05) is 5.32 Å². The Labute approximate surface area is 132 Å². The van der Waals surface area contributed by atoms with Crippen molar-refractivity contribution in [3.63, 3.8) is 0 Å². The number of anilines is 2. The highest BCUT2D eigenvalue weighted by Gasteiger charge is 2.20. The lowest BCUT2D eigenvalue weighted by Crippen LogP contribution is -1.97. The summed E-state index contributed by atoms with van der Waals surface area (Å²) in [7, 11) is 0. The predicted octanol–water partition coefficient (Wildman–Crippen LogP) is 3.41. The number of fused-ring (bicyclic) bond motifs is 1. The molecule has 0 bridgehead atoms. The summed E-state index contributed by atoms with van der Waals surface area (Å²) in [6, 6.07) is 7.92. The maximum Gasteiger partial charge on any atom is 0.143 e. The zero-order valence-corrected chi connectivity index (χ0v) is 12.3. The second-order valence-corrected chi connectivity index (χ2v) is 5.55. The lowest BCUT2D eigenvalue weighted by molar-refractivity contribution is 1.12. The van der Waals surface area contributed by atoms with Crippen LogP contribution in [0.5, 0.6) is 0 Å². The Hall–Kier alpha value is -3.20. The Kier molecular flexibility index (Phi) is 3.24. The molecule has 3 aromatic rings. The monoisotopic (exact) mass is 302 g/mol. The first-order valence-electron chi connectivity index (χ1n) is 7.47. The molecule has 0 atom stereocenters. The van der Waals surface area contributed by atoms with Crippen molar-refractivity contribution in [2.45, 2.75) is 12.8 Å². The molecule has 0 spiro atoms. The third-order valence-electron chi connectivity index (χ3n) is 3.80. The Balaban J connectivity index is 1.59. The average Bonchev–Trinajstić information content (AvgIpc) is 3.27. The van der Waals surface area contributed by atoms with Crippen LogP contribution < -0.4 is 5.32 Å². The van der Waals surface area contributed by atoms with Gasteiger partial charge in [-0.05, 0) is 37.0 Å². The molecule has 23 heavy (non-hydrogen) atoms. The fourth-order valence-electron chi connectivity index (χ4n) is 2.41. The number of aromatic nitrogens is 4. The first-order valence-corrected chi connectivity index (χ1v) is 7.47. The van der Waals surface area contributed by atoms with Crippen molar-refractivity contribution in [1.82, 2.24) is 19.9 Å². The molecule has 112 valence electrons. The minimum Gasteiger partial charge on any atom is -0.346 e. The van der Waals surface area contributed by atoms with Crippen LogP contribution in [0.4, 0.5) is 11.5 Å². The number of pyridine rings is 1. The first-order chi connectivity index (χ1) is 11.3. The molecule has 0 aliphatic heterocycles. The van der Waals surface area contributed by atoms with Crippen molar-refractivity contribution < 1.29 is 0 Å². The topological polar surface area (TPSA) is 90.3 Å². The smallest absolute Gasteiger partial charge is 0.143 e. The number of nitrogens with zero attached hydrogens (tertiary/aromatic N) is 4. The van der Waals surface area contributed by atoms with Crippen LogP contribution in [-0.4, -0.2) is 19.9 Å². The zero-order valence-electron chi connectivity index (χ0n) is 12.3. The van der Waals surface area contributed by atoms with E-state index >= 15 is 0 Å². The van der Waals surface area contributed by atoms with Crippen molar-refractivity contribution >= 4 is 28.1 Å². The van der Waals surface area contributed by atoms with Crippen LogP contribution in [0, 0.1) is 17.2 Å². The van der Waals surface area contributed by atoms with E-state index in [4.69, 9.17) is 0 Å². The summed E-state index contributed by atoms with van der Waals surface area (Å²) in [5.41, 5.74) is 2.96. The molecule has 1 aliphatic rings. The summed E-state index contributed by atoms with van der Waals surface area (Å²) in [5, 5.41) is 13.4. The van der Waals surface area contributed by atoms with E-state index in [-0.39, 0.29) is 0 Å². The summed E-state index contributed by atoms with van der Waals surface area (Å²) in [6.07, 6.45) is 9.41. The summed E-state index contributed by atoms with van der Waals surface area (Å²) >= 11 is 0. The molecule has 4 rings (SSSR count). The highest BCUT2D eigenvalue weighted by atomic mass is 15.0. The lowest BCUT2D eigenvalue weighted by atomic mass is 10.1. The second kappa shape index (κ2) is 5.54. The number of aromatic amines is 1. The van der Waals surface area contributed by atoms with E-state index in [9.17, 15) is 5.26 Å². The number of nitriles is 1. The molecule has 1 fully saturated rings. The third kappa shape index (κ3) is 2.77. The molecule has 3 heterocycles. The van der Waals surface area contributed by atoms with Gasteiger partial charge in [0, 0.05) is 6.20 Å². The van der Waals surface area contributed by atoms with Crippen LogP contribution in [0.1, 0.15) is 18.5 Å². The van der Waals surface area contributed by atoms with Crippen molar-refractivity contribution in [1.29, 1.82) is 5.26 Å². The molecule has 1 aliphatic carbocycles. The fourth-order valence-corrected chi connectivity index (χ4v) is 2.41. The summed E-state index contributed by atoms with van der Waals surface area (Å²) < 4.78 is 0. The van der Waals surface area contributed by atoms with Gasteiger partial charge in [0.25, 0.3) is 0 Å². The van der Waals surface area contributed by atoms with Crippen molar-refractivity contribution in [3.8, 4) is 6.07 Å². The van der Waals surface area contributed by atoms with E-state index in [1.807, 2.05) is 30.5 Å². The van der Waals surface area contributed by atoms with Gasteiger partial charge in [0.05, 0.1) is 28.5 Å². The molecule has 1 saturated carbocycles. The molecule has 0 saturated heterocycles. The van der Waals surface area contributed by atoms with Crippen LogP contribution in [0.3, 0.4) is 0 Å². The maximum atomic E-state index is 9.26. The Morgan fingerprint density at radius 3 is 2.91 bits per heavy atom. The van der Waals surface area contributed by atoms with E-state index in [0.717, 1.165) is 22.5 Å². The Morgan fingerprint density at radius 1 is 1.26 bits per heavy atom. The van der Waals surface area contributed by atoms with Crippen LogP contribution in [0.25, 0.3) is 16.6 Å².